The van der Waals surface area contributed by atoms with Gasteiger partial charge in [0, 0.05) is 153 Å². The first kappa shape index (κ1) is 120. The van der Waals surface area contributed by atoms with Gasteiger partial charge in [-0.15, -0.1) is 0 Å². The summed E-state index contributed by atoms with van der Waals surface area (Å²) in [5.41, 5.74) is -2.56. The molecular formula is C110H197N9O21. The van der Waals surface area contributed by atoms with Crippen LogP contribution in [0.1, 0.15) is 365 Å². The average molecular weight is 1980 g/mol. The largest absolute Gasteiger partial charge is 0.465 e. The number of rotatable bonds is 27. The highest BCUT2D eigenvalue weighted by molar-refractivity contribution is 5.86. The number of likely N-dealkylation sites (tertiary alicyclic amines) is 2. The topological polar surface area (TPSA) is 402 Å². The highest BCUT2D eigenvalue weighted by atomic mass is 16.6. The van der Waals surface area contributed by atoms with E-state index in [1.807, 2.05) is 27.7 Å². The van der Waals surface area contributed by atoms with Crippen LogP contribution in [0.15, 0.2) is 0 Å². The van der Waals surface area contributed by atoms with Crippen molar-refractivity contribution in [3.05, 3.63) is 0 Å². The van der Waals surface area contributed by atoms with E-state index >= 15 is 0 Å². The van der Waals surface area contributed by atoms with Crippen molar-refractivity contribution < 1.29 is 102 Å². The van der Waals surface area contributed by atoms with E-state index in [0.717, 1.165) is 51.4 Å². The Morgan fingerprint density at radius 3 is 0.550 bits per heavy atom. The molecule has 3 saturated carbocycles. The van der Waals surface area contributed by atoms with Crippen molar-refractivity contribution in [1.29, 1.82) is 0 Å². The van der Waals surface area contributed by atoms with E-state index in [4.69, 9.17) is 42.6 Å². The number of carbonyl (C=O) groups is 9. The summed E-state index contributed by atoms with van der Waals surface area (Å²) in [5.74, 6) is -7.81. The van der Waals surface area contributed by atoms with Gasteiger partial charge in [-0.2, -0.15) is 5.06 Å². The van der Waals surface area contributed by atoms with Crippen LogP contribution >= 0.6 is 0 Å². The molecule has 0 radical (unpaired) electrons. The molecule has 9 heterocycles. The Hall–Kier alpha value is -5.25. The Morgan fingerprint density at radius 2 is 0.393 bits per heavy atom. The molecule has 18 unspecified atom stereocenters. The van der Waals surface area contributed by atoms with Gasteiger partial charge in [-0.05, 0) is 379 Å². The van der Waals surface area contributed by atoms with Gasteiger partial charge in [0.1, 0.15) is 0 Å². The molecule has 12 aliphatic rings. The minimum atomic E-state index is -0.809. The van der Waals surface area contributed by atoms with Gasteiger partial charge >= 0.3 is 53.7 Å². The third-order valence-corrected chi connectivity index (χ3v) is 36.7. The van der Waals surface area contributed by atoms with Crippen LogP contribution in [-0.2, 0) is 85.8 Å². The highest BCUT2D eigenvalue weighted by Crippen LogP contribution is 2.51. The molecule has 12 rings (SSSR count). The number of nitrogens with zero attached hydrogens (tertiary/aromatic N) is 3. The monoisotopic (exact) mass is 1980 g/mol. The predicted octanol–water partition coefficient (Wildman–Crippen LogP) is 14.6. The molecule has 0 aromatic carbocycles. The second kappa shape index (κ2) is 42.8. The van der Waals surface area contributed by atoms with Gasteiger partial charge in [0.05, 0.1) is 113 Å². The minimum absolute atomic E-state index is 0. The van der Waals surface area contributed by atoms with Crippen LogP contribution in [0.3, 0.4) is 0 Å². The van der Waals surface area contributed by atoms with E-state index in [-0.39, 0.29) is 228 Å². The molecule has 3 aliphatic carbocycles. The van der Waals surface area contributed by atoms with Gasteiger partial charge in [0.25, 0.3) is 0 Å². The van der Waals surface area contributed by atoms with Crippen molar-refractivity contribution in [2.45, 2.75) is 465 Å². The maximum atomic E-state index is 13.9. The third-order valence-electron chi connectivity index (χ3n) is 36.7. The van der Waals surface area contributed by atoms with Crippen LogP contribution < -0.4 is 31.9 Å². The molecule has 11 N–H and O–H groups in total. The van der Waals surface area contributed by atoms with Gasteiger partial charge in [0.15, 0.2) is 0 Å². The summed E-state index contributed by atoms with van der Waals surface area (Å²) in [7, 11) is 4.25. The Labute approximate surface area is 842 Å². The van der Waals surface area contributed by atoms with E-state index in [2.05, 4.69) is 277 Å². The number of hydrogen-bond donors (Lipinski definition) is 7. The smallest absolute Gasteiger partial charge is 0.309 e. The van der Waals surface area contributed by atoms with E-state index in [1.54, 1.807) is 0 Å². The highest BCUT2D eigenvalue weighted by Gasteiger charge is 2.59. The van der Waals surface area contributed by atoms with E-state index in [0.29, 0.717) is 78.0 Å². The number of nitrogens with one attached hydrogen (secondary N) is 6. The molecule has 9 saturated heterocycles. The van der Waals surface area contributed by atoms with Crippen LogP contribution in [0.4, 0.5) is 0 Å². The van der Waals surface area contributed by atoms with Gasteiger partial charge in [-0.1, -0.05) is 0 Å². The van der Waals surface area contributed by atoms with Crippen molar-refractivity contribution in [1.82, 2.24) is 46.8 Å². The van der Waals surface area contributed by atoms with E-state index in [9.17, 15) is 48.4 Å². The fourth-order valence-electron chi connectivity index (χ4n) is 28.2. The lowest BCUT2D eigenvalue weighted by Gasteiger charge is -2.39. The van der Waals surface area contributed by atoms with Gasteiger partial charge < -0.3 is 90.7 Å². The molecule has 12 fully saturated rings. The lowest BCUT2D eigenvalue weighted by molar-refractivity contribution is -0.199. The summed E-state index contributed by atoms with van der Waals surface area (Å²) >= 11 is 0. The van der Waals surface area contributed by atoms with Crippen molar-refractivity contribution in [2.75, 3.05) is 73.6 Å². The molecule has 0 aromatic heterocycles. The fourth-order valence-corrected chi connectivity index (χ4v) is 28.2. The molecule has 30 nitrogen and oxygen atoms in total. The molecule has 18 atom stereocenters. The van der Waals surface area contributed by atoms with Crippen LogP contribution in [-0.4, -0.2) is 258 Å². The minimum Gasteiger partial charge on any atom is -0.465 e. The lowest BCUT2D eigenvalue weighted by Crippen LogP contribution is -2.48. The molecule has 140 heavy (non-hydrogen) atoms. The molecule has 0 spiro atoms. The van der Waals surface area contributed by atoms with Crippen LogP contribution in [0.5, 0.6) is 0 Å². The Morgan fingerprint density at radius 1 is 0.229 bits per heavy atom. The number of ether oxygens (including phenoxy) is 9. The van der Waals surface area contributed by atoms with Crippen molar-refractivity contribution >= 4 is 53.7 Å². The fraction of sp³-hybridized carbons (Fsp3) is 0.918. The normalized spacial score (nSPS) is 34.9. The van der Waals surface area contributed by atoms with Gasteiger partial charge in [-0.25, -0.2) is 0 Å². The maximum absolute atomic E-state index is 13.9. The number of esters is 9. The Kier molecular flexibility index (Phi) is 36.7. The second-order valence-corrected chi connectivity index (χ2v) is 56.2. The van der Waals surface area contributed by atoms with Crippen molar-refractivity contribution in [3.8, 4) is 0 Å². The zero-order chi connectivity index (χ0) is 104. The number of hydroxylamine groups is 2. The molecule has 30 heteroatoms. The maximum Gasteiger partial charge on any atom is 0.309 e. The Bertz CT molecular complexity index is 4330. The quantitative estimate of drug-likeness (QED) is 0.0297. The first-order valence-corrected chi connectivity index (χ1v) is 52.8. The zero-order valence-corrected chi connectivity index (χ0v) is 94.1. The van der Waals surface area contributed by atoms with Gasteiger partial charge in [0.2, 0.25) is 0 Å². The molecule has 0 aromatic rings. The van der Waals surface area contributed by atoms with E-state index in [1.165, 1.54) is 5.06 Å². The summed E-state index contributed by atoms with van der Waals surface area (Å²) in [6.07, 6.45) is 11.0. The number of carbonyl (C=O) groups excluding carboxylic acids is 9. The first-order chi connectivity index (χ1) is 62.6. The molecule has 808 valence electrons. The van der Waals surface area contributed by atoms with Crippen LogP contribution in [0, 0.1) is 107 Å². The third kappa shape index (κ3) is 28.2. The lowest BCUT2D eigenvalue weighted by atomic mass is 9.74. The van der Waals surface area contributed by atoms with Crippen molar-refractivity contribution in [2.24, 2.45) is 107 Å². The van der Waals surface area contributed by atoms with Crippen LogP contribution in [0.25, 0.3) is 0 Å². The average Bonchev–Trinajstić information content (AvgIpc) is 1.60. The van der Waals surface area contributed by atoms with E-state index < -0.39 is 88.2 Å². The zero-order valence-electron chi connectivity index (χ0n) is 94.1. The van der Waals surface area contributed by atoms with Gasteiger partial charge in [-0.3, -0.25) is 53.0 Å². The predicted molar refractivity (Wildman–Crippen MR) is 543 cm³/mol. The Balaban J connectivity index is 0.000000255. The summed E-state index contributed by atoms with van der Waals surface area (Å²) in [5, 5.41) is 33.9. The summed E-state index contributed by atoms with van der Waals surface area (Å²) in [6, 6.07) is 0. The SMILES string of the molecule is CC1(C)CC(COC(=O)C2CCC(C(=O)OCC3CC(C)(C)NC3(C)C)C(C(=O)OCC3CC(C)(C)N(O)C3(C)C)C2)C(C)(C)N1.CC1(C)CC(COC(=O)C2CCC(C(=O)OCC3CC(C)(C)NC3(C)C)C(C(=O)OCC3CC(C)(C)NC3(C)C)C2)C(C)(C)N1.CN1C(C)(C)CC(COC(=O)C2CCC(C(=O)OCC3CC(C)(C)NC3(C)C)CC2C(=O)OCC2CC(C)(C)N(C)C2(C)C)C1(C)C.O.O. The standard InChI is InChI=1S/C38H67N3O6.C36H63N3O7.C36H63N3O6.2H2O/c1-33(2)18-25(36(7,8)39-33)21-45-30(42)24-15-16-28(31(43)46-22-26-19-34(3,4)40(13)37(26,9)10)29(17-24)32(44)47-23-27-20-35(5,6)41(14)38(27,11)12;1-31(2)16-23(34(7,8)37-31)19-44-28(40)22-13-14-26(29(41)45-20-24-17-32(3,4)38-35(24,9)10)27(15-22)30(42)46-21-25-18-33(5,6)39(43)36(25,11)12;1-31(2)16-23(34(7,8)37-31)19-43-28(40)22-13-14-26(29(41)44-20-24-17-32(3,4)38-35(24,9)10)27(15-22)30(42)45-21-25-18-33(5,6)39-36(25,11)12;;/h24-29,39H,15-23H2,1-14H3;22-27,37-38,43H,13-21H2,1-12H3;22-27,37-39H,13-21H2,1-12H3;2*1H2. The van der Waals surface area contributed by atoms with Crippen LogP contribution in [0.2, 0.25) is 0 Å². The second-order valence-electron chi connectivity index (χ2n) is 56.2. The molecule has 9 aliphatic heterocycles. The summed E-state index contributed by atoms with van der Waals surface area (Å²) < 4.78 is 53.6. The molecule has 0 bridgehead atoms. The number of hydrogen-bond acceptors (Lipinski definition) is 28. The summed E-state index contributed by atoms with van der Waals surface area (Å²) in [6.45, 7) is 79.6. The first-order valence-electron chi connectivity index (χ1n) is 52.8. The molecule has 0 amide bonds. The summed E-state index contributed by atoms with van der Waals surface area (Å²) in [4.78, 5) is 127. The van der Waals surface area contributed by atoms with Crippen molar-refractivity contribution in [3.63, 3.8) is 0 Å². The molecular weight excluding hydrogens is 1780 g/mol.